The molecular weight excluding hydrogens is 278 g/mol. The fraction of sp³-hybridized carbons (Fsp3) is 0.333. The summed E-state index contributed by atoms with van der Waals surface area (Å²) < 4.78 is 5.56. The lowest BCUT2D eigenvalue weighted by atomic mass is 10.2. The molecule has 0 amide bonds. The van der Waals surface area contributed by atoms with Crippen molar-refractivity contribution >= 4 is 0 Å². The lowest BCUT2D eigenvalue weighted by molar-refractivity contribution is 0.0590. The number of hydrogen-bond acceptors (Lipinski definition) is 4. The summed E-state index contributed by atoms with van der Waals surface area (Å²) in [5.41, 5.74) is 1.16. The Morgan fingerprint density at radius 2 is 1.59 bits per heavy atom. The minimum atomic E-state index is -0.601. The molecule has 0 aliphatic carbocycles. The molecule has 4 nitrogen and oxygen atoms in total. The summed E-state index contributed by atoms with van der Waals surface area (Å²) in [6, 6.07) is 19.5. The van der Waals surface area contributed by atoms with Crippen LogP contribution in [0, 0.1) is 0 Å². The lowest BCUT2D eigenvalue weighted by Gasteiger charge is -2.24. The van der Waals surface area contributed by atoms with Gasteiger partial charge >= 0.3 is 0 Å². The molecule has 2 aromatic carbocycles. The molecule has 0 aliphatic rings. The monoisotopic (exact) mass is 301 g/mol. The molecular formula is C18H23NO3. The Morgan fingerprint density at radius 1 is 0.955 bits per heavy atom. The van der Waals surface area contributed by atoms with Crippen LogP contribution in [0.3, 0.4) is 0 Å². The molecule has 0 unspecified atom stereocenters. The van der Waals surface area contributed by atoms with Crippen molar-refractivity contribution in [1.29, 1.82) is 0 Å². The molecule has 2 aromatic rings. The molecule has 0 heterocycles. The van der Waals surface area contributed by atoms with Crippen LogP contribution in [0.25, 0.3) is 0 Å². The number of aliphatic hydroxyl groups excluding tert-OH is 2. The van der Waals surface area contributed by atoms with E-state index < -0.39 is 6.10 Å². The minimum Gasteiger partial charge on any atom is -0.491 e. The van der Waals surface area contributed by atoms with E-state index in [1.165, 1.54) is 0 Å². The van der Waals surface area contributed by atoms with Crippen LogP contribution in [-0.2, 0) is 6.54 Å². The zero-order chi connectivity index (χ0) is 15.6. The molecule has 0 radical (unpaired) electrons. The van der Waals surface area contributed by atoms with Crippen LogP contribution in [0.2, 0.25) is 0 Å². The van der Waals surface area contributed by atoms with Crippen LogP contribution in [0.5, 0.6) is 5.75 Å². The minimum absolute atomic E-state index is 0.0685. The molecule has 22 heavy (non-hydrogen) atoms. The van der Waals surface area contributed by atoms with Crippen molar-refractivity contribution in [2.24, 2.45) is 0 Å². The topological polar surface area (TPSA) is 52.9 Å². The highest BCUT2D eigenvalue weighted by Gasteiger charge is 2.12. The van der Waals surface area contributed by atoms with Gasteiger partial charge in [0.25, 0.3) is 0 Å². The molecule has 0 saturated carbocycles. The van der Waals surface area contributed by atoms with Crippen LogP contribution in [0.1, 0.15) is 5.56 Å². The average molecular weight is 301 g/mol. The van der Waals surface area contributed by atoms with Gasteiger partial charge in [-0.15, -0.1) is 0 Å². The van der Waals surface area contributed by atoms with Gasteiger partial charge in [-0.05, 0) is 17.7 Å². The summed E-state index contributed by atoms with van der Waals surface area (Å²) >= 11 is 0. The zero-order valence-corrected chi connectivity index (χ0v) is 12.6. The lowest BCUT2D eigenvalue weighted by Crippen LogP contribution is -2.37. The zero-order valence-electron chi connectivity index (χ0n) is 12.6. The summed E-state index contributed by atoms with van der Waals surface area (Å²) in [6.45, 7) is 1.99. The van der Waals surface area contributed by atoms with E-state index in [4.69, 9.17) is 4.74 Å². The molecule has 0 saturated heterocycles. The molecule has 2 N–H and O–H groups in total. The summed E-state index contributed by atoms with van der Waals surface area (Å²) in [4.78, 5) is 2.02. The molecule has 0 aromatic heterocycles. The number of hydrogen-bond donors (Lipinski definition) is 2. The Hall–Kier alpha value is -1.88. The van der Waals surface area contributed by atoms with Crippen LogP contribution < -0.4 is 4.74 Å². The van der Waals surface area contributed by atoms with Crippen LogP contribution in [0.4, 0.5) is 0 Å². The molecule has 0 spiro atoms. The first-order chi connectivity index (χ1) is 10.8. The van der Waals surface area contributed by atoms with Crippen molar-refractivity contribution < 1.29 is 14.9 Å². The standard InChI is InChI=1S/C18H23NO3/c20-12-11-19(13-16-7-3-1-4-8-16)14-17(21)15-22-18-9-5-2-6-10-18/h1-10,17,20-21H,11-15H2/t17-/m1/s1. The van der Waals surface area contributed by atoms with Crippen molar-refractivity contribution in [2.75, 3.05) is 26.3 Å². The third kappa shape index (κ3) is 5.85. The number of ether oxygens (including phenoxy) is 1. The van der Waals surface area contributed by atoms with Gasteiger partial charge in [0.15, 0.2) is 0 Å². The van der Waals surface area contributed by atoms with E-state index in [1.54, 1.807) is 0 Å². The number of rotatable bonds is 9. The van der Waals surface area contributed by atoms with E-state index in [0.717, 1.165) is 11.3 Å². The summed E-state index contributed by atoms with van der Waals surface area (Å²) in [5, 5.41) is 19.3. The Bertz CT molecular complexity index is 518. The van der Waals surface area contributed by atoms with Crippen molar-refractivity contribution in [1.82, 2.24) is 4.90 Å². The molecule has 0 fully saturated rings. The number of para-hydroxylation sites is 1. The fourth-order valence-electron chi connectivity index (χ4n) is 2.28. The van der Waals surface area contributed by atoms with E-state index in [2.05, 4.69) is 0 Å². The number of benzene rings is 2. The van der Waals surface area contributed by atoms with E-state index in [-0.39, 0.29) is 13.2 Å². The fourth-order valence-corrected chi connectivity index (χ4v) is 2.28. The predicted molar refractivity (Wildman–Crippen MR) is 86.7 cm³/mol. The quantitative estimate of drug-likeness (QED) is 0.743. The highest BCUT2D eigenvalue weighted by atomic mass is 16.5. The first-order valence-corrected chi connectivity index (χ1v) is 7.51. The second-order valence-corrected chi connectivity index (χ2v) is 5.22. The maximum Gasteiger partial charge on any atom is 0.119 e. The number of nitrogens with zero attached hydrogens (tertiary/aromatic N) is 1. The van der Waals surface area contributed by atoms with E-state index in [9.17, 15) is 10.2 Å². The molecule has 1 atom stereocenters. The Balaban J connectivity index is 1.81. The average Bonchev–Trinajstić information content (AvgIpc) is 2.55. The highest BCUT2D eigenvalue weighted by molar-refractivity contribution is 5.20. The van der Waals surface area contributed by atoms with Gasteiger partial charge in [-0.2, -0.15) is 0 Å². The molecule has 0 aliphatic heterocycles. The van der Waals surface area contributed by atoms with Gasteiger partial charge in [0.1, 0.15) is 18.5 Å². The smallest absolute Gasteiger partial charge is 0.119 e. The Labute approximate surface area is 131 Å². The second kappa shape index (κ2) is 9.20. The van der Waals surface area contributed by atoms with Crippen LogP contribution in [0.15, 0.2) is 60.7 Å². The van der Waals surface area contributed by atoms with Gasteiger partial charge in [0, 0.05) is 19.6 Å². The largest absolute Gasteiger partial charge is 0.491 e. The van der Waals surface area contributed by atoms with Gasteiger partial charge < -0.3 is 14.9 Å². The van der Waals surface area contributed by atoms with E-state index in [0.29, 0.717) is 19.6 Å². The number of aliphatic hydroxyl groups is 2. The summed E-state index contributed by atoms with van der Waals surface area (Å²) in [5.74, 6) is 0.748. The highest BCUT2D eigenvalue weighted by Crippen LogP contribution is 2.09. The van der Waals surface area contributed by atoms with E-state index >= 15 is 0 Å². The van der Waals surface area contributed by atoms with Gasteiger partial charge in [-0.1, -0.05) is 48.5 Å². The van der Waals surface area contributed by atoms with Gasteiger partial charge in [0.2, 0.25) is 0 Å². The SMILES string of the molecule is OCCN(Cc1ccccc1)C[C@@H](O)COc1ccccc1. The van der Waals surface area contributed by atoms with Crippen molar-refractivity contribution in [3.63, 3.8) is 0 Å². The Kier molecular flexibility index (Phi) is 6.90. The molecule has 2 rings (SSSR count). The van der Waals surface area contributed by atoms with E-state index in [1.807, 2.05) is 65.6 Å². The van der Waals surface area contributed by atoms with Crippen molar-refractivity contribution in [3.8, 4) is 5.75 Å². The summed E-state index contributed by atoms with van der Waals surface area (Å²) in [6.07, 6.45) is -0.601. The normalized spacial score (nSPS) is 12.3. The van der Waals surface area contributed by atoms with Gasteiger partial charge in [-0.25, -0.2) is 0 Å². The van der Waals surface area contributed by atoms with Crippen molar-refractivity contribution in [3.05, 3.63) is 66.2 Å². The van der Waals surface area contributed by atoms with Crippen LogP contribution in [-0.4, -0.2) is 47.5 Å². The second-order valence-electron chi connectivity index (χ2n) is 5.22. The Morgan fingerprint density at radius 3 is 2.23 bits per heavy atom. The summed E-state index contributed by atoms with van der Waals surface area (Å²) in [7, 11) is 0. The van der Waals surface area contributed by atoms with Gasteiger partial charge in [-0.3, -0.25) is 4.90 Å². The first-order valence-electron chi connectivity index (χ1n) is 7.51. The van der Waals surface area contributed by atoms with Crippen LogP contribution >= 0.6 is 0 Å². The molecule has 0 bridgehead atoms. The van der Waals surface area contributed by atoms with Gasteiger partial charge in [0.05, 0.1) is 6.61 Å². The molecule has 4 heteroatoms. The molecule has 118 valence electrons. The third-order valence-electron chi connectivity index (χ3n) is 3.32. The predicted octanol–water partition coefficient (Wildman–Crippen LogP) is 1.92. The maximum absolute atomic E-state index is 10.1. The third-order valence-corrected chi connectivity index (χ3v) is 3.32. The first kappa shape index (κ1) is 16.5. The maximum atomic E-state index is 10.1. The van der Waals surface area contributed by atoms with Crippen molar-refractivity contribution in [2.45, 2.75) is 12.6 Å².